The Morgan fingerprint density at radius 2 is 1.65 bits per heavy atom. The molecule has 0 aliphatic heterocycles. The van der Waals surface area contributed by atoms with Gasteiger partial charge in [0.15, 0.2) is 16.6 Å². The molecule has 3 aromatic carbocycles. The largest absolute Gasteiger partial charge is 0.493 e. The zero-order valence-corrected chi connectivity index (χ0v) is 23.1. The summed E-state index contributed by atoms with van der Waals surface area (Å²) in [7, 11) is 3.14. The standard InChI is InChI=1S/C29H25N3O6S2/c1-37-23-13-8-19(16-24(23)38-2)22-17-39-29(31-22)32-28(36)27(18-6-4-3-5-7-18)40-21-11-9-20(10-12-21)30-25(33)14-15-26(34)35/h3-17,27H,1-2H3,(H,30,33)(H,34,35)(H,31,32,36)/b15-14+. The highest BCUT2D eigenvalue weighted by Gasteiger charge is 2.23. The summed E-state index contributed by atoms with van der Waals surface area (Å²) in [5.74, 6) is -0.799. The van der Waals surface area contributed by atoms with Crippen LogP contribution in [0.2, 0.25) is 0 Å². The van der Waals surface area contributed by atoms with Gasteiger partial charge >= 0.3 is 5.97 Å². The smallest absolute Gasteiger partial charge is 0.328 e. The van der Waals surface area contributed by atoms with Gasteiger partial charge in [0.2, 0.25) is 11.8 Å². The number of rotatable bonds is 11. The second kappa shape index (κ2) is 13.5. The zero-order chi connectivity index (χ0) is 28.5. The van der Waals surface area contributed by atoms with Crippen molar-refractivity contribution < 1.29 is 29.0 Å². The van der Waals surface area contributed by atoms with Gasteiger partial charge in [0.05, 0.1) is 19.9 Å². The number of thioether (sulfide) groups is 1. The average molecular weight is 576 g/mol. The first kappa shape index (κ1) is 28.4. The number of benzene rings is 3. The van der Waals surface area contributed by atoms with E-state index in [-0.39, 0.29) is 5.91 Å². The first-order chi connectivity index (χ1) is 19.4. The number of nitrogens with zero attached hydrogens (tertiary/aromatic N) is 1. The Morgan fingerprint density at radius 1 is 0.925 bits per heavy atom. The molecule has 3 N–H and O–H groups in total. The molecule has 0 aliphatic rings. The van der Waals surface area contributed by atoms with Crippen LogP contribution in [-0.2, 0) is 14.4 Å². The van der Waals surface area contributed by atoms with Crippen molar-refractivity contribution in [2.75, 3.05) is 24.9 Å². The van der Waals surface area contributed by atoms with Crippen LogP contribution in [0.15, 0.2) is 95.2 Å². The number of aliphatic carboxylic acids is 1. The number of ether oxygens (including phenoxy) is 2. The summed E-state index contributed by atoms with van der Waals surface area (Å²) in [6.45, 7) is 0. The molecule has 2 amide bonds. The Hall–Kier alpha value is -4.61. The van der Waals surface area contributed by atoms with Crippen molar-refractivity contribution in [1.29, 1.82) is 0 Å². The van der Waals surface area contributed by atoms with Crippen LogP contribution in [-0.4, -0.2) is 42.1 Å². The van der Waals surface area contributed by atoms with Crippen LogP contribution in [0.1, 0.15) is 10.8 Å². The molecule has 0 saturated heterocycles. The monoisotopic (exact) mass is 575 g/mol. The van der Waals surface area contributed by atoms with Crippen LogP contribution >= 0.6 is 23.1 Å². The number of aromatic nitrogens is 1. The van der Waals surface area contributed by atoms with E-state index in [2.05, 4.69) is 15.6 Å². The molecular formula is C29H25N3O6S2. The molecule has 1 heterocycles. The van der Waals surface area contributed by atoms with E-state index in [1.54, 1.807) is 44.6 Å². The number of anilines is 2. The molecule has 0 spiro atoms. The van der Waals surface area contributed by atoms with Gasteiger partial charge in [-0.2, -0.15) is 0 Å². The van der Waals surface area contributed by atoms with E-state index in [0.717, 1.165) is 28.2 Å². The molecule has 0 aliphatic carbocycles. The van der Waals surface area contributed by atoms with Gasteiger partial charge in [0, 0.05) is 33.7 Å². The van der Waals surface area contributed by atoms with Crippen LogP contribution in [0.4, 0.5) is 10.8 Å². The topological polar surface area (TPSA) is 127 Å². The lowest BCUT2D eigenvalue weighted by Crippen LogP contribution is -2.19. The Morgan fingerprint density at radius 3 is 2.33 bits per heavy atom. The summed E-state index contributed by atoms with van der Waals surface area (Å²) >= 11 is 2.67. The lowest BCUT2D eigenvalue weighted by Gasteiger charge is -2.16. The lowest BCUT2D eigenvalue weighted by molar-refractivity contribution is -0.131. The molecule has 1 unspecified atom stereocenters. The number of carbonyl (C=O) groups excluding carboxylic acids is 2. The van der Waals surface area contributed by atoms with Crippen molar-refractivity contribution in [3.8, 4) is 22.8 Å². The SMILES string of the molecule is COc1ccc(-c2csc(NC(=O)C(Sc3ccc(NC(=O)/C=C/C(=O)O)cc3)c3ccccc3)n2)cc1OC. The van der Waals surface area contributed by atoms with Crippen molar-refractivity contribution in [1.82, 2.24) is 4.98 Å². The van der Waals surface area contributed by atoms with E-state index in [1.165, 1.54) is 23.1 Å². The number of carboxylic acids is 1. The zero-order valence-electron chi connectivity index (χ0n) is 21.5. The van der Waals surface area contributed by atoms with Gasteiger partial charge in [-0.3, -0.25) is 9.59 Å². The van der Waals surface area contributed by atoms with Gasteiger partial charge in [0.1, 0.15) is 5.25 Å². The highest BCUT2D eigenvalue weighted by Crippen LogP contribution is 2.38. The molecule has 0 radical (unpaired) electrons. The Balaban J connectivity index is 1.49. The minimum atomic E-state index is -1.21. The molecule has 40 heavy (non-hydrogen) atoms. The molecular weight excluding hydrogens is 550 g/mol. The summed E-state index contributed by atoms with van der Waals surface area (Å²) < 4.78 is 10.7. The van der Waals surface area contributed by atoms with E-state index < -0.39 is 17.1 Å². The number of carbonyl (C=O) groups is 3. The van der Waals surface area contributed by atoms with Crippen LogP contribution in [0.3, 0.4) is 0 Å². The van der Waals surface area contributed by atoms with Gasteiger partial charge in [0.25, 0.3) is 0 Å². The number of amides is 2. The van der Waals surface area contributed by atoms with E-state index in [0.29, 0.717) is 28.0 Å². The van der Waals surface area contributed by atoms with Crippen LogP contribution in [0.25, 0.3) is 11.3 Å². The fraction of sp³-hybridized carbons (Fsp3) is 0.103. The van der Waals surface area contributed by atoms with E-state index in [1.807, 2.05) is 47.8 Å². The van der Waals surface area contributed by atoms with Crippen molar-refractivity contribution in [3.63, 3.8) is 0 Å². The number of thiazole rings is 1. The summed E-state index contributed by atoms with van der Waals surface area (Å²) in [5.41, 5.74) is 2.84. The molecule has 0 bridgehead atoms. The van der Waals surface area contributed by atoms with Crippen molar-refractivity contribution >= 4 is 51.7 Å². The molecule has 11 heteroatoms. The fourth-order valence-corrected chi connectivity index (χ4v) is 5.36. The van der Waals surface area contributed by atoms with Crippen molar-refractivity contribution in [3.05, 3.63) is 95.9 Å². The molecule has 204 valence electrons. The van der Waals surface area contributed by atoms with Crippen LogP contribution < -0.4 is 20.1 Å². The number of carboxylic acid groups (broad SMARTS) is 1. The van der Waals surface area contributed by atoms with E-state index in [9.17, 15) is 14.4 Å². The molecule has 1 atom stereocenters. The highest BCUT2D eigenvalue weighted by atomic mass is 32.2. The highest BCUT2D eigenvalue weighted by molar-refractivity contribution is 8.00. The first-order valence-corrected chi connectivity index (χ1v) is 13.6. The maximum Gasteiger partial charge on any atom is 0.328 e. The third kappa shape index (κ3) is 7.49. The van der Waals surface area contributed by atoms with Gasteiger partial charge in [-0.1, -0.05) is 30.3 Å². The number of methoxy groups -OCH3 is 2. The molecule has 0 saturated carbocycles. The molecule has 4 rings (SSSR count). The molecule has 4 aromatic rings. The maximum atomic E-state index is 13.5. The first-order valence-electron chi connectivity index (χ1n) is 11.9. The van der Waals surface area contributed by atoms with E-state index in [4.69, 9.17) is 14.6 Å². The quantitative estimate of drug-likeness (QED) is 0.150. The number of hydrogen-bond donors (Lipinski definition) is 3. The third-order valence-corrected chi connectivity index (χ3v) is 7.53. The number of nitrogens with one attached hydrogen (secondary N) is 2. The maximum absolute atomic E-state index is 13.5. The minimum Gasteiger partial charge on any atom is -0.493 e. The van der Waals surface area contributed by atoms with E-state index >= 15 is 0 Å². The predicted octanol–water partition coefficient (Wildman–Crippen LogP) is 5.88. The average Bonchev–Trinajstić information content (AvgIpc) is 3.44. The molecule has 0 fully saturated rings. The normalized spacial score (nSPS) is 11.6. The van der Waals surface area contributed by atoms with Gasteiger partial charge in [-0.15, -0.1) is 23.1 Å². The summed E-state index contributed by atoms with van der Waals surface area (Å²) in [5, 5.41) is 15.9. The second-order valence-corrected chi connectivity index (χ2v) is 10.2. The summed E-state index contributed by atoms with van der Waals surface area (Å²) in [6.07, 6.45) is 1.71. The Labute approximate surface area is 238 Å². The predicted molar refractivity (Wildman–Crippen MR) is 156 cm³/mol. The lowest BCUT2D eigenvalue weighted by atomic mass is 10.1. The number of hydrogen-bond acceptors (Lipinski definition) is 8. The van der Waals surface area contributed by atoms with Crippen LogP contribution in [0.5, 0.6) is 11.5 Å². The van der Waals surface area contributed by atoms with Crippen molar-refractivity contribution in [2.45, 2.75) is 10.1 Å². The second-order valence-electron chi connectivity index (χ2n) is 8.19. The van der Waals surface area contributed by atoms with Gasteiger partial charge in [-0.05, 0) is 48.0 Å². The molecule has 9 nitrogen and oxygen atoms in total. The molecule has 1 aromatic heterocycles. The Kier molecular flexibility index (Phi) is 9.55. The summed E-state index contributed by atoms with van der Waals surface area (Å²) in [6, 6.07) is 21.8. The van der Waals surface area contributed by atoms with Crippen LogP contribution in [0, 0.1) is 0 Å². The fourth-order valence-electron chi connectivity index (χ4n) is 3.61. The Bertz CT molecular complexity index is 1520. The van der Waals surface area contributed by atoms with Gasteiger partial charge in [-0.25, -0.2) is 9.78 Å². The summed E-state index contributed by atoms with van der Waals surface area (Å²) in [4.78, 5) is 41.3. The van der Waals surface area contributed by atoms with Gasteiger partial charge < -0.3 is 25.2 Å². The third-order valence-electron chi connectivity index (χ3n) is 5.51. The van der Waals surface area contributed by atoms with Crippen molar-refractivity contribution in [2.24, 2.45) is 0 Å². The minimum absolute atomic E-state index is 0.236.